The van der Waals surface area contributed by atoms with E-state index in [-0.39, 0.29) is 30.9 Å². The Kier molecular flexibility index (Phi) is 9.28. The number of hydrogen-bond donors (Lipinski definition) is 2. The van der Waals surface area contributed by atoms with Crippen LogP contribution >= 0.6 is 11.6 Å². The van der Waals surface area contributed by atoms with E-state index in [1.54, 1.807) is 24.3 Å². The molecule has 1 saturated carbocycles. The lowest BCUT2D eigenvalue weighted by Gasteiger charge is -2.21. The number of esters is 1. The summed E-state index contributed by atoms with van der Waals surface area (Å²) in [5, 5.41) is 6.26. The molecule has 1 aromatic rings. The number of carbonyl (C=O) groups is 3. The van der Waals surface area contributed by atoms with Gasteiger partial charge in [-0.1, -0.05) is 55.8 Å². The third kappa shape index (κ3) is 8.30. The summed E-state index contributed by atoms with van der Waals surface area (Å²) in [6.07, 6.45) is 7.79. The van der Waals surface area contributed by atoms with E-state index in [0.717, 1.165) is 31.2 Å². The Labute approximate surface area is 171 Å². The Hall–Kier alpha value is -2.08. The molecule has 0 radical (unpaired) electrons. The number of hydrogen-bond acceptors (Lipinski definition) is 4. The van der Waals surface area contributed by atoms with Crippen molar-refractivity contribution in [2.24, 2.45) is 0 Å². The zero-order chi connectivity index (χ0) is 20.4. The Morgan fingerprint density at radius 1 is 1.07 bits per heavy atom. The van der Waals surface area contributed by atoms with Gasteiger partial charge in [-0.15, -0.1) is 0 Å². The van der Waals surface area contributed by atoms with Crippen LogP contribution in [0, 0.1) is 0 Å². The first kappa shape index (κ1) is 22.2. The van der Waals surface area contributed by atoms with Gasteiger partial charge in [0.15, 0.2) is 6.61 Å². The highest BCUT2D eigenvalue weighted by Gasteiger charge is 2.20. The standard InChI is InChI=1S/C21H29ClN2O4/c1-15(25)23-19(16-9-11-17(22)12-10-16)13-21(27)28-14-20(26)24-18-7-5-3-2-4-6-8-18/h9-12,18-19H,2-8,13-14H2,1H3,(H,23,25)(H,24,26). The minimum Gasteiger partial charge on any atom is -0.456 e. The Morgan fingerprint density at radius 2 is 1.68 bits per heavy atom. The van der Waals surface area contributed by atoms with Crippen molar-refractivity contribution < 1.29 is 19.1 Å². The number of amides is 2. The van der Waals surface area contributed by atoms with Gasteiger partial charge in [-0.3, -0.25) is 14.4 Å². The summed E-state index contributed by atoms with van der Waals surface area (Å²) in [5.74, 6) is -1.07. The molecular formula is C21H29ClN2O4. The Bertz CT molecular complexity index is 655. The van der Waals surface area contributed by atoms with E-state index in [9.17, 15) is 14.4 Å². The van der Waals surface area contributed by atoms with Crippen molar-refractivity contribution in [2.75, 3.05) is 6.61 Å². The maximum atomic E-state index is 12.2. The zero-order valence-corrected chi connectivity index (χ0v) is 17.1. The molecule has 1 aliphatic rings. The summed E-state index contributed by atoms with van der Waals surface area (Å²) in [5.41, 5.74) is 0.746. The topological polar surface area (TPSA) is 84.5 Å². The van der Waals surface area contributed by atoms with Gasteiger partial charge in [0.2, 0.25) is 5.91 Å². The van der Waals surface area contributed by atoms with Crippen LogP contribution < -0.4 is 10.6 Å². The van der Waals surface area contributed by atoms with Gasteiger partial charge in [-0.05, 0) is 30.5 Å². The van der Waals surface area contributed by atoms with E-state index >= 15 is 0 Å². The van der Waals surface area contributed by atoms with Gasteiger partial charge >= 0.3 is 5.97 Å². The van der Waals surface area contributed by atoms with Crippen LogP contribution in [0.5, 0.6) is 0 Å². The zero-order valence-electron chi connectivity index (χ0n) is 16.3. The van der Waals surface area contributed by atoms with Gasteiger partial charge < -0.3 is 15.4 Å². The molecule has 1 atom stereocenters. The van der Waals surface area contributed by atoms with Gasteiger partial charge in [-0.25, -0.2) is 0 Å². The van der Waals surface area contributed by atoms with Crippen molar-refractivity contribution in [1.82, 2.24) is 10.6 Å². The molecule has 2 amide bonds. The summed E-state index contributed by atoms with van der Waals surface area (Å²) in [6, 6.07) is 6.51. The van der Waals surface area contributed by atoms with E-state index in [1.165, 1.54) is 26.2 Å². The minimum absolute atomic E-state index is 0.0576. The molecule has 0 aliphatic heterocycles. The Morgan fingerprint density at radius 3 is 2.29 bits per heavy atom. The lowest BCUT2D eigenvalue weighted by Crippen LogP contribution is -2.38. The maximum Gasteiger partial charge on any atom is 0.308 e. The number of rotatable bonds is 7. The molecule has 0 heterocycles. The maximum absolute atomic E-state index is 12.2. The van der Waals surface area contributed by atoms with Crippen LogP contribution in [0.2, 0.25) is 5.02 Å². The van der Waals surface area contributed by atoms with Gasteiger partial charge in [-0.2, -0.15) is 0 Å². The van der Waals surface area contributed by atoms with Gasteiger partial charge in [0, 0.05) is 18.0 Å². The van der Waals surface area contributed by atoms with E-state index in [2.05, 4.69) is 10.6 Å². The first-order valence-electron chi connectivity index (χ1n) is 9.91. The third-order valence-corrected chi connectivity index (χ3v) is 5.11. The van der Waals surface area contributed by atoms with Crippen LogP contribution in [0.1, 0.15) is 69.9 Å². The van der Waals surface area contributed by atoms with E-state index in [1.807, 2.05) is 0 Å². The normalized spacial score (nSPS) is 16.4. The monoisotopic (exact) mass is 408 g/mol. The van der Waals surface area contributed by atoms with Crippen molar-refractivity contribution in [3.8, 4) is 0 Å². The van der Waals surface area contributed by atoms with Crippen LogP contribution in [-0.4, -0.2) is 30.4 Å². The molecule has 1 fully saturated rings. The van der Waals surface area contributed by atoms with E-state index in [0.29, 0.717) is 5.02 Å². The molecule has 28 heavy (non-hydrogen) atoms. The molecule has 154 valence electrons. The fourth-order valence-corrected chi connectivity index (χ4v) is 3.56. The third-order valence-electron chi connectivity index (χ3n) is 4.86. The van der Waals surface area contributed by atoms with Crippen LogP contribution in [-0.2, 0) is 19.1 Å². The summed E-state index contributed by atoms with van der Waals surface area (Å²) in [7, 11) is 0. The van der Waals surface area contributed by atoms with E-state index in [4.69, 9.17) is 16.3 Å². The van der Waals surface area contributed by atoms with Crippen LogP contribution in [0.4, 0.5) is 0 Å². The fourth-order valence-electron chi connectivity index (χ4n) is 3.43. The van der Waals surface area contributed by atoms with E-state index < -0.39 is 12.0 Å². The Balaban J connectivity index is 1.81. The second kappa shape index (κ2) is 11.7. The largest absolute Gasteiger partial charge is 0.456 e. The lowest BCUT2D eigenvalue weighted by atomic mass is 9.97. The quantitative estimate of drug-likeness (QED) is 0.674. The smallest absolute Gasteiger partial charge is 0.308 e. The molecule has 0 bridgehead atoms. The van der Waals surface area contributed by atoms with Gasteiger partial charge in [0.1, 0.15) is 0 Å². The number of nitrogens with one attached hydrogen (secondary N) is 2. The highest BCUT2D eigenvalue weighted by atomic mass is 35.5. The van der Waals surface area contributed by atoms with Crippen LogP contribution in [0.3, 0.4) is 0 Å². The first-order chi connectivity index (χ1) is 13.4. The predicted molar refractivity (Wildman–Crippen MR) is 108 cm³/mol. The predicted octanol–water partition coefficient (Wildman–Crippen LogP) is 3.68. The average Bonchev–Trinajstić information content (AvgIpc) is 2.62. The van der Waals surface area contributed by atoms with Crippen LogP contribution in [0.25, 0.3) is 0 Å². The SMILES string of the molecule is CC(=O)NC(CC(=O)OCC(=O)NC1CCCCCCC1)c1ccc(Cl)cc1. The molecule has 7 heteroatoms. The summed E-state index contributed by atoms with van der Waals surface area (Å²) >= 11 is 5.89. The lowest BCUT2D eigenvalue weighted by molar-refractivity contribution is -0.149. The minimum atomic E-state index is -0.540. The number of benzene rings is 1. The molecule has 6 nitrogen and oxygen atoms in total. The summed E-state index contributed by atoms with van der Waals surface area (Å²) in [4.78, 5) is 35.8. The van der Waals surface area contributed by atoms with Gasteiger partial charge in [0.25, 0.3) is 5.91 Å². The molecule has 0 aromatic heterocycles. The average molecular weight is 409 g/mol. The molecule has 2 rings (SSSR count). The van der Waals surface area contributed by atoms with Crippen molar-refractivity contribution in [3.63, 3.8) is 0 Å². The highest BCUT2D eigenvalue weighted by molar-refractivity contribution is 6.30. The van der Waals surface area contributed by atoms with Crippen LogP contribution in [0.15, 0.2) is 24.3 Å². The molecule has 1 aliphatic carbocycles. The van der Waals surface area contributed by atoms with Crippen molar-refractivity contribution in [1.29, 1.82) is 0 Å². The van der Waals surface area contributed by atoms with Crippen molar-refractivity contribution in [3.05, 3.63) is 34.9 Å². The molecule has 0 saturated heterocycles. The second-order valence-corrected chi connectivity index (χ2v) is 7.72. The van der Waals surface area contributed by atoms with Gasteiger partial charge in [0.05, 0.1) is 12.5 Å². The fraction of sp³-hybridized carbons (Fsp3) is 0.571. The van der Waals surface area contributed by atoms with Crippen molar-refractivity contribution in [2.45, 2.75) is 70.4 Å². The molecular weight excluding hydrogens is 380 g/mol. The number of ether oxygens (including phenoxy) is 1. The number of halogens is 1. The first-order valence-corrected chi connectivity index (χ1v) is 10.3. The molecule has 0 spiro atoms. The molecule has 1 aromatic carbocycles. The summed E-state index contributed by atoms with van der Waals surface area (Å²) in [6.45, 7) is 1.08. The molecule has 1 unspecified atom stereocenters. The summed E-state index contributed by atoms with van der Waals surface area (Å²) < 4.78 is 5.13. The van der Waals surface area contributed by atoms with Crippen molar-refractivity contribution >= 4 is 29.4 Å². The number of carbonyl (C=O) groups excluding carboxylic acids is 3. The molecule has 2 N–H and O–H groups in total. The highest BCUT2D eigenvalue weighted by Crippen LogP contribution is 2.20. The second-order valence-electron chi connectivity index (χ2n) is 7.28.